The highest BCUT2D eigenvalue weighted by atomic mass is 32.1. The van der Waals surface area contributed by atoms with Gasteiger partial charge in [0.25, 0.3) is 11.5 Å². The van der Waals surface area contributed by atoms with Crippen molar-refractivity contribution in [1.29, 1.82) is 0 Å². The molecule has 9 heteroatoms. The number of amides is 1. The Labute approximate surface area is 202 Å². The van der Waals surface area contributed by atoms with Crippen molar-refractivity contribution in [2.45, 2.75) is 13.8 Å². The summed E-state index contributed by atoms with van der Waals surface area (Å²) in [6, 6.07) is 7.57. The lowest BCUT2D eigenvalue weighted by atomic mass is 10.1. The summed E-state index contributed by atoms with van der Waals surface area (Å²) >= 11 is 1.50. The summed E-state index contributed by atoms with van der Waals surface area (Å²) in [6.07, 6.45) is 0. The van der Waals surface area contributed by atoms with E-state index < -0.39 is 0 Å². The molecule has 0 bridgehead atoms. The quantitative estimate of drug-likeness (QED) is 0.426. The van der Waals surface area contributed by atoms with E-state index in [4.69, 9.17) is 0 Å². The van der Waals surface area contributed by atoms with E-state index in [0.29, 0.717) is 17.0 Å². The molecule has 2 N–H and O–H groups in total. The number of aromatic nitrogens is 3. The molecule has 5 rings (SSSR count). The van der Waals surface area contributed by atoms with Crippen LogP contribution >= 0.6 is 11.3 Å². The first-order valence-corrected chi connectivity index (χ1v) is 12.8. The minimum Gasteiger partial charge on any atom is -0.353 e. The number of likely N-dealkylation sites (N-methyl/N-ethyl adjacent to an activating group) is 1. The average molecular weight is 479 g/mol. The molecule has 1 fully saturated rings. The molecule has 0 saturated carbocycles. The standard InChI is InChI=1S/C25H30N6O2S/c1-3-29(4-2)7-8-30-9-11-31(12-10-30)25(33)17-5-6-19-18(13-17)14-20(26-19)23-24(32)28-22-16-34-15-21(22)27-23/h5-6,13-16,26H,3-4,7-12H2,1-2H3,(H,28,32). The van der Waals surface area contributed by atoms with Gasteiger partial charge < -0.3 is 19.8 Å². The average Bonchev–Trinajstić information content (AvgIpc) is 3.49. The molecule has 0 aliphatic carbocycles. The van der Waals surface area contributed by atoms with Crippen LogP contribution < -0.4 is 5.56 Å². The van der Waals surface area contributed by atoms with Crippen molar-refractivity contribution < 1.29 is 4.79 Å². The van der Waals surface area contributed by atoms with Gasteiger partial charge in [-0.3, -0.25) is 14.5 Å². The first kappa shape index (κ1) is 22.8. The summed E-state index contributed by atoms with van der Waals surface area (Å²) < 4.78 is 0. The molecule has 4 heterocycles. The van der Waals surface area contributed by atoms with Gasteiger partial charge in [-0.15, -0.1) is 11.3 Å². The zero-order valence-electron chi connectivity index (χ0n) is 19.6. The van der Waals surface area contributed by atoms with E-state index in [1.807, 2.05) is 39.9 Å². The Morgan fingerprint density at radius 1 is 1.06 bits per heavy atom. The highest BCUT2D eigenvalue weighted by Gasteiger charge is 2.23. The molecule has 1 aliphatic rings. The molecule has 34 heavy (non-hydrogen) atoms. The van der Waals surface area contributed by atoms with Crippen LogP contribution in [0.1, 0.15) is 24.2 Å². The molecule has 178 valence electrons. The number of carbonyl (C=O) groups excluding carboxylic acids is 1. The van der Waals surface area contributed by atoms with Crippen molar-refractivity contribution in [1.82, 2.24) is 29.7 Å². The zero-order chi connectivity index (χ0) is 23.7. The largest absolute Gasteiger partial charge is 0.353 e. The number of nitrogens with zero attached hydrogens (tertiary/aromatic N) is 4. The normalized spacial score (nSPS) is 15.1. The molecule has 8 nitrogen and oxygen atoms in total. The van der Waals surface area contributed by atoms with E-state index in [1.165, 1.54) is 11.3 Å². The van der Waals surface area contributed by atoms with Gasteiger partial charge in [-0.2, -0.15) is 0 Å². The van der Waals surface area contributed by atoms with E-state index in [0.717, 1.165) is 74.3 Å². The SMILES string of the molecule is CCN(CC)CCN1CCN(C(=O)c2ccc3[nH]c(-c4nc5cscc5[nH]c4=O)cc3c2)CC1. The van der Waals surface area contributed by atoms with Gasteiger partial charge in [0.1, 0.15) is 0 Å². The maximum absolute atomic E-state index is 13.2. The second-order valence-electron chi connectivity index (χ2n) is 8.73. The Balaban J connectivity index is 1.29. The second kappa shape index (κ2) is 9.69. The molecule has 0 spiro atoms. The molecule has 1 amide bonds. The number of piperazine rings is 1. The smallest absolute Gasteiger partial charge is 0.276 e. The van der Waals surface area contributed by atoms with Gasteiger partial charge in [-0.1, -0.05) is 13.8 Å². The topological polar surface area (TPSA) is 88.3 Å². The van der Waals surface area contributed by atoms with E-state index in [2.05, 4.69) is 38.6 Å². The number of hydrogen-bond acceptors (Lipinski definition) is 6. The summed E-state index contributed by atoms with van der Waals surface area (Å²) in [7, 11) is 0. The van der Waals surface area contributed by atoms with E-state index >= 15 is 0 Å². The van der Waals surface area contributed by atoms with Crippen molar-refractivity contribution >= 4 is 39.2 Å². The molecular formula is C25H30N6O2S. The Bertz CT molecular complexity index is 1360. The maximum Gasteiger partial charge on any atom is 0.276 e. The number of rotatable bonds is 7. The molecule has 3 aromatic heterocycles. The van der Waals surface area contributed by atoms with Crippen molar-refractivity contribution in [2.75, 3.05) is 52.4 Å². The van der Waals surface area contributed by atoms with Crippen LogP contribution in [0.5, 0.6) is 0 Å². The van der Waals surface area contributed by atoms with Gasteiger partial charge in [-0.05, 0) is 37.4 Å². The van der Waals surface area contributed by atoms with Crippen LogP contribution in [0.15, 0.2) is 39.8 Å². The molecule has 0 atom stereocenters. The Morgan fingerprint density at radius 2 is 1.85 bits per heavy atom. The van der Waals surface area contributed by atoms with Crippen LogP contribution in [0, 0.1) is 0 Å². The predicted molar refractivity (Wildman–Crippen MR) is 138 cm³/mol. The second-order valence-corrected chi connectivity index (χ2v) is 9.47. The van der Waals surface area contributed by atoms with Crippen molar-refractivity contribution in [3.8, 4) is 11.4 Å². The number of aromatic amines is 2. The van der Waals surface area contributed by atoms with Gasteiger partial charge in [-0.25, -0.2) is 4.98 Å². The third-order valence-electron chi connectivity index (χ3n) is 6.75. The van der Waals surface area contributed by atoms with Gasteiger partial charge in [0.15, 0.2) is 5.69 Å². The molecule has 1 saturated heterocycles. The third kappa shape index (κ3) is 4.51. The molecule has 4 aromatic rings. The van der Waals surface area contributed by atoms with Gasteiger partial charge in [0.05, 0.1) is 16.7 Å². The zero-order valence-corrected chi connectivity index (χ0v) is 20.5. The minimum absolute atomic E-state index is 0.0590. The fourth-order valence-corrected chi connectivity index (χ4v) is 5.27. The van der Waals surface area contributed by atoms with Crippen molar-refractivity contribution in [3.05, 3.63) is 50.9 Å². The lowest BCUT2D eigenvalue weighted by molar-refractivity contribution is 0.0625. The first-order chi connectivity index (χ1) is 16.6. The number of nitrogens with one attached hydrogen (secondary N) is 2. The molecular weight excluding hydrogens is 448 g/mol. The molecule has 1 aliphatic heterocycles. The Morgan fingerprint density at radius 3 is 2.62 bits per heavy atom. The summed E-state index contributed by atoms with van der Waals surface area (Å²) in [5, 5.41) is 4.68. The Kier molecular flexibility index (Phi) is 6.49. The predicted octanol–water partition coefficient (Wildman–Crippen LogP) is 3.23. The number of carbonyl (C=O) groups is 1. The number of fused-ring (bicyclic) bond motifs is 2. The van der Waals surface area contributed by atoms with Crippen molar-refractivity contribution in [2.24, 2.45) is 0 Å². The highest BCUT2D eigenvalue weighted by molar-refractivity contribution is 7.09. The number of hydrogen-bond donors (Lipinski definition) is 2. The monoisotopic (exact) mass is 478 g/mol. The van der Waals surface area contributed by atoms with Crippen LogP contribution in [0.2, 0.25) is 0 Å². The molecule has 0 unspecified atom stereocenters. The van der Waals surface area contributed by atoms with Gasteiger partial charge in [0, 0.05) is 66.5 Å². The van der Waals surface area contributed by atoms with Gasteiger partial charge in [0.2, 0.25) is 0 Å². The minimum atomic E-state index is -0.229. The van der Waals surface area contributed by atoms with Crippen LogP contribution in [0.25, 0.3) is 33.3 Å². The fraction of sp³-hybridized carbons (Fsp3) is 0.400. The number of H-pyrrole nitrogens is 2. The van der Waals surface area contributed by atoms with Crippen LogP contribution in [0.3, 0.4) is 0 Å². The molecule has 0 radical (unpaired) electrons. The summed E-state index contributed by atoms with van der Waals surface area (Å²) in [6.45, 7) is 12.0. The lowest BCUT2D eigenvalue weighted by Gasteiger charge is -2.35. The highest BCUT2D eigenvalue weighted by Crippen LogP contribution is 2.24. The maximum atomic E-state index is 13.2. The Hall–Kier alpha value is -3.01. The van der Waals surface area contributed by atoms with Crippen molar-refractivity contribution in [3.63, 3.8) is 0 Å². The lowest BCUT2D eigenvalue weighted by Crippen LogP contribution is -2.50. The number of thiophene rings is 1. The van der Waals surface area contributed by atoms with E-state index in [9.17, 15) is 9.59 Å². The first-order valence-electron chi connectivity index (χ1n) is 11.9. The number of benzene rings is 1. The summed E-state index contributed by atoms with van der Waals surface area (Å²) in [4.78, 5) is 43.2. The van der Waals surface area contributed by atoms with E-state index in [1.54, 1.807) is 0 Å². The summed E-state index contributed by atoms with van der Waals surface area (Å²) in [5.41, 5.74) is 3.84. The van der Waals surface area contributed by atoms with Crippen LogP contribution in [0.4, 0.5) is 0 Å². The van der Waals surface area contributed by atoms with Gasteiger partial charge >= 0.3 is 0 Å². The third-order valence-corrected chi connectivity index (χ3v) is 7.48. The van der Waals surface area contributed by atoms with Crippen LogP contribution in [-0.2, 0) is 0 Å². The van der Waals surface area contributed by atoms with Crippen LogP contribution in [-0.4, -0.2) is 87.9 Å². The molecule has 1 aromatic carbocycles. The fourth-order valence-electron chi connectivity index (χ4n) is 4.58. The van der Waals surface area contributed by atoms with E-state index in [-0.39, 0.29) is 11.5 Å². The summed E-state index contributed by atoms with van der Waals surface area (Å²) in [5.74, 6) is 0.0590.